The topological polar surface area (TPSA) is 90.0 Å². The number of carbonyl (C=O) groups is 4. The normalized spacial score (nSPS) is 19.9. The third-order valence-electron chi connectivity index (χ3n) is 2.62. The number of hydrogen-bond donors (Lipinski definition) is 0. The molecule has 22 heavy (non-hydrogen) atoms. The number of nitrogens with zero attached hydrogens (tertiary/aromatic N) is 1. The quantitative estimate of drug-likeness (QED) is 0.542. The summed E-state index contributed by atoms with van der Waals surface area (Å²) in [5.74, 6) is -1.94. The Morgan fingerprint density at radius 3 is 1.95 bits per heavy atom. The molecule has 0 saturated carbocycles. The minimum Gasteiger partial charge on any atom is -0.458 e. The summed E-state index contributed by atoms with van der Waals surface area (Å²) in [5.41, 5.74) is -1.61. The van der Waals surface area contributed by atoms with E-state index in [2.05, 4.69) is 0 Å². The molecule has 1 rings (SSSR count). The van der Waals surface area contributed by atoms with Crippen LogP contribution in [0.25, 0.3) is 0 Å². The van der Waals surface area contributed by atoms with Gasteiger partial charge in [-0.2, -0.15) is 0 Å². The molecule has 1 heterocycles. The van der Waals surface area contributed by atoms with Gasteiger partial charge in [0.1, 0.15) is 23.0 Å². The molecule has 7 nitrogen and oxygen atoms in total. The van der Waals surface area contributed by atoms with E-state index >= 15 is 0 Å². The molecule has 0 aromatic heterocycles. The Hall–Kier alpha value is -1.92. The van der Waals surface area contributed by atoms with E-state index in [-0.39, 0.29) is 6.42 Å². The highest BCUT2D eigenvalue weighted by Crippen LogP contribution is 2.22. The maximum Gasteiger partial charge on any atom is 0.417 e. The van der Waals surface area contributed by atoms with E-state index in [0.29, 0.717) is 4.90 Å². The van der Waals surface area contributed by atoms with E-state index in [0.717, 1.165) is 0 Å². The van der Waals surface area contributed by atoms with Gasteiger partial charge in [-0.15, -0.1) is 0 Å². The zero-order chi connectivity index (χ0) is 17.3. The second kappa shape index (κ2) is 6.06. The van der Waals surface area contributed by atoms with E-state index in [1.165, 1.54) is 0 Å². The molecule has 0 aromatic carbocycles. The zero-order valence-corrected chi connectivity index (χ0v) is 13.9. The van der Waals surface area contributed by atoms with E-state index < -0.39 is 47.4 Å². The van der Waals surface area contributed by atoms with Gasteiger partial charge in [-0.1, -0.05) is 0 Å². The van der Waals surface area contributed by atoms with Gasteiger partial charge in [0.15, 0.2) is 0 Å². The monoisotopic (exact) mass is 313 g/mol. The first-order valence-corrected chi connectivity index (χ1v) is 7.10. The van der Waals surface area contributed by atoms with Crippen molar-refractivity contribution in [1.82, 2.24) is 4.90 Å². The van der Waals surface area contributed by atoms with Crippen LogP contribution < -0.4 is 0 Å². The molecule has 1 aliphatic rings. The Morgan fingerprint density at radius 2 is 1.50 bits per heavy atom. The number of ketones is 1. The second-order valence-electron chi connectivity index (χ2n) is 7.21. The Labute approximate surface area is 129 Å². The minimum atomic E-state index is -1.28. The van der Waals surface area contributed by atoms with Crippen LogP contribution in [0.3, 0.4) is 0 Å². The van der Waals surface area contributed by atoms with E-state index in [1.807, 2.05) is 0 Å². The molecule has 7 heteroatoms. The number of rotatable bonds is 1. The fraction of sp³-hybridized carbons (Fsp3) is 0.733. The van der Waals surface area contributed by atoms with Crippen LogP contribution >= 0.6 is 0 Å². The number of hydrogen-bond acceptors (Lipinski definition) is 6. The Bertz CT molecular complexity index is 497. The van der Waals surface area contributed by atoms with Crippen LogP contribution in [0.1, 0.15) is 54.4 Å². The number of amides is 2. The zero-order valence-electron chi connectivity index (χ0n) is 13.9. The number of esters is 1. The van der Waals surface area contributed by atoms with E-state index in [1.54, 1.807) is 41.5 Å². The van der Waals surface area contributed by atoms with E-state index in [9.17, 15) is 19.2 Å². The first-order chi connectivity index (χ1) is 9.80. The number of imide groups is 1. The summed E-state index contributed by atoms with van der Waals surface area (Å²) in [7, 11) is 0. The van der Waals surface area contributed by atoms with Crippen LogP contribution in [0, 0.1) is 0 Å². The van der Waals surface area contributed by atoms with Gasteiger partial charge in [-0.25, -0.2) is 14.5 Å². The number of Topliss-reactive ketones (excluding diaryl/α,β-unsaturated/α-hetero) is 1. The van der Waals surface area contributed by atoms with Crippen LogP contribution in [-0.4, -0.2) is 45.9 Å². The van der Waals surface area contributed by atoms with Crippen molar-refractivity contribution >= 4 is 23.8 Å². The van der Waals surface area contributed by atoms with Crippen molar-refractivity contribution in [2.45, 2.75) is 71.6 Å². The van der Waals surface area contributed by atoms with Gasteiger partial charge < -0.3 is 9.47 Å². The van der Waals surface area contributed by atoms with Crippen molar-refractivity contribution in [3.8, 4) is 0 Å². The summed E-state index contributed by atoms with van der Waals surface area (Å²) in [6.45, 7) is 9.92. The number of carbonyl (C=O) groups excluding carboxylic acids is 4. The molecule has 1 aliphatic heterocycles. The third-order valence-corrected chi connectivity index (χ3v) is 2.62. The third kappa shape index (κ3) is 5.13. The predicted molar refractivity (Wildman–Crippen MR) is 77.0 cm³/mol. The van der Waals surface area contributed by atoms with Crippen LogP contribution in [0.4, 0.5) is 4.79 Å². The van der Waals surface area contributed by atoms with Gasteiger partial charge in [0.25, 0.3) is 0 Å². The van der Waals surface area contributed by atoms with Gasteiger partial charge in [0.2, 0.25) is 5.91 Å². The van der Waals surface area contributed by atoms with Crippen LogP contribution in [0.2, 0.25) is 0 Å². The molecule has 1 atom stereocenters. The Kier molecular flexibility index (Phi) is 4.99. The van der Waals surface area contributed by atoms with Crippen LogP contribution in [0.5, 0.6) is 0 Å². The molecule has 0 N–H and O–H groups in total. The fourth-order valence-corrected chi connectivity index (χ4v) is 1.91. The van der Waals surface area contributed by atoms with Gasteiger partial charge in [0, 0.05) is 6.42 Å². The maximum atomic E-state index is 12.2. The van der Waals surface area contributed by atoms with Crippen molar-refractivity contribution in [2.75, 3.05) is 0 Å². The fourth-order valence-electron chi connectivity index (χ4n) is 1.91. The summed E-state index contributed by atoms with van der Waals surface area (Å²) in [5, 5.41) is 0. The first kappa shape index (κ1) is 18.1. The summed E-state index contributed by atoms with van der Waals surface area (Å²) in [6.07, 6.45) is -1.61. The van der Waals surface area contributed by atoms with Crippen LogP contribution in [0.15, 0.2) is 0 Å². The first-order valence-electron chi connectivity index (χ1n) is 7.10. The second-order valence-corrected chi connectivity index (χ2v) is 7.21. The lowest BCUT2D eigenvalue weighted by Gasteiger charge is -2.34. The lowest BCUT2D eigenvalue weighted by atomic mass is 10.0. The largest absolute Gasteiger partial charge is 0.458 e. The van der Waals surface area contributed by atoms with E-state index in [4.69, 9.17) is 9.47 Å². The van der Waals surface area contributed by atoms with Gasteiger partial charge >= 0.3 is 12.1 Å². The molecule has 0 bridgehead atoms. The molecule has 0 aromatic rings. The summed E-state index contributed by atoms with van der Waals surface area (Å²) in [4.78, 5) is 48.7. The summed E-state index contributed by atoms with van der Waals surface area (Å²) >= 11 is 0. The molecule has 0 aliphatic carbocycles. The molecule has 0 unspecified atom stereocenters. The molecule has 1 fully saturated rings. The van der Waals surface area contributed by atoms with Gasteiger partial charge in [-0.3, -0.25) is 9.59 Å². The SMILES string of the molecule is CC(C)(C)OC(=O)[C@H]1CC(=O)CC(=O)N1C(=O)OC(C)(C)C. The molecular formula is C15H23NO6. The summed E-state index contributed by atoms with van der Waals surface area (Å²) < 4.78 is 10.3. The predicted octanol–water partition coefficient (Wildman–Crippen LogP) is 1.82. The highest BCUT2D eigenvalue weighted by Gasteiger charge is 2.44. The molecule has 0 spiro atoms. The van der Waals surface area contributed by atoms with Crippen molar-refractivity contribution < 1.29 is 28.7 Å². The van der Waals surface area contributed by atoms with Crippen molar-refractivity contribution in [1.29, 1.82) is 0 Å². The van der Waals surface area contributed by atoms with Crippen molar-refractivity contribution in [3.63, 3.8) is 0 Å². The van der Waals surface area contributed by atoms with Crippen molar-refractivity contribution in [3.05, 3.63) is 0 Å². The van der Waals surface area contributed by atoms with Gasteiger partial charge in [-0.05, 0) is 41.5 Å². The number of likely N-dealkylation sites (tertiary alicyclic amines) is 1. The average molecular weight is 313 g/mol. The minimum absolute atomic E-state index is 0.250. The highest BCUT2D eigenvalue weighted by atomic mass is 16.6. The number of ether oxygens (including phenoxy) is 2. The number of piperidine rings is 1. The Balaban J connectivity index is 3.02. The lowest BCUT2D eigenvalue weighted by Crippen LogP contribution is -2.55. The molecule has 124 valence electrons. The molecular weight excluding hydrogens is 290 g/mol. The molecule has 1 saturated heterocycles. The lowest BCUT2D eigenvalue weighted by molar-refractivity contribution is -0.167. The standard InChI is InChI=1S/C15H23NO6/c1-14(2,3)21-12(19)10-7-9(17)8-11(18)16(10)13(20)22-15(4,5)6/h10H,7-8H2,1-6H3/t10-/m1/s1. The average Bonchev–Trinajstić information content (AvgIpc) is 2.22. The molecule has 0 radical (unpaired) electrons. The van der Waals surface area contributed by atoms with Crippen LogP contribution in [-0.2, 0) is 23.9 Å². The summed E-state index contributed by atoms with van der Waals surface area (Å²) in [6, 6.07) is -1.28. The highest BCUT2D eigenvalue weighted by molar-refractivity contribution is 6.09. The molecule has 2 amide bonds. The maximum absolute atomic E-state index is 12.2. The van der Waals surface area contributed by atoms with Crippen molar-refractivity contribution in [2.24, 2.45) is 0 Å². The Morgan fingerprint density at radius 1 is 1.00 bits per heavy atom. The van der Waals surface area contributed by atoms with Gasteiger partial charge in [0.05, 0.1) is 6.42 Å². The smallest absolute Gasteiger partial charge is 0.417 e.